The molecule has 3 aromatic rings. The molecule has 2 aromatic carbocycles. The lowest BCUT2D eigenvalue weighted by Crippen LogP contribution is -2.26. The van der Waals surface area contributed by atoms with Crippen LogP contribution in [0.1, 0.15) is 85.0 Å². The van der Waals surface area contributed by atoms with Crippen molar-refractivity contribution in [1.29, 1.82) is 0 Å². The molecule has 6 nitrogen and oxygen atoms in total. The van der Waals surface area contributed by atoms with Crippen LogP contribution < -0.4 is 9.47 Å². The summed E-state index contributed by atoms with van der Waals surface area (Å²) < 4.78 is 16.9. The number of aromatic nitrogens is 2. The fraction of sp³-hybridized carbons (Fsp3) is 0.485. The first-order valence-electron chi connectivity index (χ1n) is 14.6. The molecule has 0 unspecified atom stereocenters. The Morgan fingerprint density at radius 1 is 0.667 bits per heavy atom. The smallest absolute Gasteiger partial charge is 0.340 e. The van der Waals surface area contributed by atoms with E-state index < -0.39 is 12.1 Å². The fourth-order valence-electron chi connectivity index (χ4n) is 4.20. The zero-order chi connectivity index (χ0) is 27.7. The molecule has 0 N–H and O–H groups in total. The topological polar surface area (TPSA) is 70.5 Å². The maximum atomic E-state index is 12.3. The van der Waals surface area contributed by atoms with Gasteiger partial charge in [-0.15, -0.1) is 0 Å². The van der Waals surface area contributed by atoms with Crippen LogP contribution in [0.15, 0.2) is 60.9 Å². The molecule has 1 aromatic heterocycles. The van der Waals surface area contributed by atoms with E-state index in [4.69, 9.17) is 14.2 Å². The summed E-state index contributed by atoms with van der Waals surface area (Å²) in [5.74, 6) is 1.34. The van der Waals surface area contributed by atoms with Gasteiger partial charge >= 0.3 is 5.97 Å². The van der Waals surface area contributed by atoms with Crippen molar-refractivity contribution in [2.75, 3.05) is 13.2 Å². The molecule has 0 bridgehead atoms. The molecule has 0 amide bonds. The van der Waals surface area contributed by atoms with E-state index in [0.29, 0.717) is 18.2 Å². The van der Waals surface area contributed by atoms with Crippen molar-refractivity contribution in [3.8, 4) is 34.0 Å². The molecule has 0 aliphatic carbocycles. The van der Waals surface area contributed by atoms with Gasteiger partial charge in [0.1, 0.15) is 5.75 Å². The van der Waals surface area contributed by atoms with Gasteiger partial charge in [-0.3, -0.25) is 0 Å². The highest BCUT2D eigenvalue weighted by molar-refractivity contribution is 5.76. The summed E-state index contributed by atoms with van der Waals surface area (Å²) in [4.78, 5) is 21.0. The van der Waals surface area contributed by atoms with Crippen molar-refractivity contribution in [3.05, 3.63) is 60.9 Å². The van der Waals surface area contributed by atoms with E-state index in [1.165, 1.54) is 57.3 Å². The Kier molecular flexibility index (Phi) is 13.5. The van der Waals surface area contributed by atoms with Crippen molar-refractivity contribution in [1.82, 2.24) is 9.97 Å². The summed E-state index contributed by atoms with van der Waals surface area (Å²) in [6, 6.07) is 16.3. The van der Waals surface area contributed by atoms with Gasteiger partial charge in [-0.25, -0.2) is 14.8 Å². The highest BCUT2D eigenvalue weighted by atomic mass is 16.6. The minimum absolute atomic E-state index is 0.306. The van der Waals surface area contributed by atoms with Gasteiger partial charge in [0.2, 0.25) is 0 Å². The third-order valence-corrected chi connectivity index (χ3v) is 6.64. The fourth-order valence-corrected chi connectivity index (χ4v) is 4.20. The number of benzene rings is 2. The monoisotopic (exact) mass is 532 g/mol. The van der Waals surface area contributed by atoms with Gasteiger partial charge in [0, 0.05) is 12.2 Å². The number of nitrogens with zero attached hydrogens (tertiary/aromatic N) is 2. The average Bonchev–Trinajstić information content (AvgIpc) is 2.97. The van der Waals surface area contributed by atoms with Crippen molar-refractivity contribution >= 4 is 5.97 Å². The zero-order valence-electron chi connectivity index (χ0n) is 23.9. The Morgan fingerprint density at radius 2 is 1.18 bits per heavy atom. The van der Waals surface area contributed by atoms with Crippen LogP contribution in [-0.4, -0.2) is 35.3 Å². The van der Waals surface area contributed by atoms with Crippen molar-refractivity contribution < 1.29 is 19.0 Å². The SMILES string of the molecule is CCCCCCCCOc1ccc(-c2ccc(-c3ncc(OC(=O)[C@@H](C)OCCCCCC)cn3)cc2)cc1. The molecule has 0 fully saturated rings. The standard InChI is InChI=1S/C33H44N2O4/c1-4-6-8-10-11-13-23-38-30-20-18-28(19-21-30)27-14-16-29(17-15-27)32-34-24-31(25-35-32)39-33(36)26(3)37-22-12-9-7-5-2/h14-21,24-26H,4-13,22-23H2,1-3H3/t26-/m1/s1. The number of carbonyl (C=O) groups excluding carboxylic acids is 1. The van der Waals surface area contributed by atoms with Gasteiger partial charge in [0.05, 0.1) is 19.0 Å². The van der Waals surface area contributed by atoms with Crippen LogP contribution in [0.3, 0.4) is 0 Å². The van der Waals surface area contributed by atoms with Crippen molar-refractivity contribution in [2.45, 2.75) is 91.1 Å². The second-order valence-electron chi connectivity index (χ2n) is 9.96. The summed E-state index contributed by atoms with van der Waals surface area (Å²) in [7, 11) is 0. The molecule has 0 saturated heterocycles. The van der Waals surface area contributed by atoms with Gasteiger partial charge in [-0.2, -0.15) is 0 Å². The van der Waals surface area contributed by atoms with Crippen molar-refractivity contribution in [3.63, 3.8) is 0 Å². The maximum absolute atomic E-state index is 12.3. The number of ether oxygens (including phenoxy) is 3. The Hall–Kier alpha value is -3.25. The van der Waals surface area contributed by atoms with Crippen LogP contribution in [-0.2, 0) is 9.53 Å². The molecule has 0 aliphatic heterocycles. The summed E-state index contributed by atoms with van der Waals surface area (Å²) in [5, 5.41) is 0. The molecule has 1 atom stereocenters. The van der Waals surface area contributed by atoms with Crippen LogP contribution in [0.5, 0.6) is 11.5 Å². The lowest BCUT2D eigenvalue weighted by Gasteiger charge is -2.12. The summed E-state index contributed by atoms with van der Waals surface area (Å²) >= 11 is 0. The Labute approximate surface area is 234 Å². The van der Waals surface area contributed by atoms with Gasteiger partial charge in [0.25, 0.3) is 0 Å². The normalized spacial score (nSPS) is 11.8. The van der Waals surface area contributed by atoms with Crippen LogP contribution in [0.4, 0.5) is 0 Å². The first-order valence-corrected chi connectivity index (χ1v) is 14.6. The van der Waals surface area contributed by atoms with E-state index >= 15 is 0 Å². The lowest BCUT2D eigenvalue weighted by atomic mass is 10.0. The molecular weight excluding hydrogens is 488 g/mol. The van der Waals surface area contributed by atoms with Crippen LogP contribution in [0.25, 0.3) is 22.5 Å². The minimum Gasteiger partial charge on any atom is -0.494 e. The molecule has 210 valence electrons. The highest BCUT2D eigenvalue weighted by Crippen LogP contribution is 2.25. The Morgan fingerprint density at radius 3 is 1.82 bits per heavy atom. The van der Waals surface area contributed by atoms with Gasteiger partial charge in [-0.1, -0.05) is 102 Å². The van der Waals surface area contributed by atoms with Gasteiger partial charge < -0.3 is 14.2 Å². The predicted molar refractivity (Wildman–Crippen MR) is 157 cm³/mol. The Bertz CT molecular complexity index is 1080. The van der Waals surface area contributed by atoms with Gasteiger partial charge in [0.15, 0.2) is 17.7 Å². The highest BCUT2D eigenvalue weighted by Gasteiger charge is 2.16. The van der Waals surface area contributed by atoms with E-state index in [1.54, 1.807) is 6.92 Å². The second-order valence-corrected chi connectivity index (χ2v) is 9.96. The number of hydrogen-bond acceptors (Lipinski definition) is 6. The molecular formula is C33H44N2O4. The van der Waals surface area contributed by atoms with Gasteiger partial charge in [-0.05, 0) is 43.0 Å². The van der Waals surface area contributed by atoms with Crippen molar-refractivity contribution in [2.24, 2.45) is 0 Å². The van der Waals surface area contributed by atoms with Crippen LogP contribution in [0.2, 0.25) is 0 Å². The minimum atomic E-state index is -0.625. The largest absolute Gasteiger partial charge is 0.494 e. The summed E-state index contributed by atoms with van der Waals surface area (Å²) in [6.07, 6.45) is 14.4. The van der Waals surface area contributed by atoms with E-state index in [2.05, 4.69) is 48.1 Å². The number of carbonyl (C=O) groups is 1. The second kappa shape index (κ2) is 17.4. The average molecular weight is 533 g/mol. The van der Waals surface area contributed by atoms with E-state index in [1.807, 2.05) is 24.3 Å². The third kappa shape index (κ3) is 10.8. The number of hydrogen-bond donors (Lipinski definition) is 0. The summed E-state index contributed by atoms with van der Waals surface area (Å²) in [6.45, 7) is 7.43. The molecule has 0 saturated carbocycles. The third-order valence-electron chi connectivity index (χ3n) is 6.64. The maximum Gasteiger partial charge on any atom is 0.340 e. The molecule has 1 heterocycles. The van der Waals surface area contributed by atoms with E-state index in [-0.39, 0.29) is 0 Å². The number of unbranched alkanes of at least 4 members (excludes halogenated alkanes) is 8. The van der Waals surface area contributed by atoms with E-state index in [9.17, 15) is 4.79 Å². The molecule has 0 aliphatic rings. The number of esters is 1. The van der Waals surface area contributed by atoms with E-state index in [0.717, 1.165) is 48.3 Å². The Balaban J connectivity index is 1.45. The predicted octanol–water partition coefficient (Wildman–Crippen LogP) is 8.44. The number of rotatable bonds is 18. The molecule has 3 rings (SSSR count). The molecule has 39 heavy (non-hydrogen) atoms. The summed E-state index contributed by atoms with van der Waals surface area (Å²) in [5.41, 5.74) is 3.12. The lowest BCUT2D eigenvalue weighted by molar-refractivity contribution is -0.146. The quantitative estimate of drug-likeness (QED) is 0.121. The van der Waals surface area contributed by atoms with Crippen LogP contribution in [0, 0.1) is 0 Å². The molecule has 6 heteroatoms. The van der Waals surface area contributed by atoms with Crippen LogP contribution >= 0.6 is 0 Å². The zero-order valence-corrected chi connectivity index (χ0v) is 23.9. The first-order chi connectivity index (χ1) is 19.1. The first kappa shape index (κ1) is 30.3. The molecule has 0 spiro atoms. The molecule has 0 radical (unpaired) electrons.